The second-order valence-electron chi connectivity index (χ2n) is 6.82. The molecule has 0 saturated carbocycles. The van der Waals surface area contributed by atoms with Gasteiger partial charge in [-0.15, -0.1) is 0 Å². The zero-order valence-corrected chi connectivity index (χ0v) is 16.4. The number of pyridine rings is 1. The molecular formula is C22H27N3O2. The minimum atomic E-state index is 0.182. The lowest BCUT2D eigenvalue weighted by Crippen LogP contribution is -2.31. The van der Waals surface area contributed by atoms with Gasteiger partial charge in [-0.1, -0.05) is 30.3 Å². The highest BCUT2D eigenvalue weighted by molar-refractivity contribution is 5.80. The van der Waals surface area contributed by atoms with Gasteiger partial charge in [0.2, 0.25) is 5.88 Å². The van der Waals surface area contributed by atoms with Crippen molar-refractivity contribution in [2.75, 3.05) is 34.9 Å². The Labute approximate surface area is 160 Å². The highest BCUT2D eigenvalue weighted by Gasteiger charge is 2.15. The van der Waals surface area contributed by atoms with E-state index in [1.54, 1.807) is 14.2 Å². The molecule has 0 bridgehead atoms. The Balaban J connectivity index is 1.82. The Morgan fingerprint density at radius 2 is 1.74 bits per heavy atom. The SMILES string of the molecule is COc1ccc(C(CN(C)C)NCc2cc3ccccc3nc2OC)cc1. The van der Waals surface area contributed by atoms with Crippen molar-refractivity contribution in [3.05, 3.63) is 65.7 Å². The first kappa shape index (κ1) is 19.1. The van der Waals surface area contributed by atoms with Crippen molar-refractivity contribution in [1.29, 1.82) is 0 Å². The van der Waals surface area contributed by atoms with Crippen LogP contribution in [0.15, 0.2) is 54.6 Å². The Kier molecular flexibility index (Phi) is 6.27. The zero-order valence-electron chi connectivity index (χ0n) is 16.4. The smallest absolute Gasteiger partial charge is 0.218 e. The second kappa shape index (κ2) is 8.84. The quantitative estimate of drug-likeness (QED) is 0.660. The van der Waals surface area contributed by atoms with Crippen molar-refractivity contribution in [2.45, 2.75) is 12.6 Å². The van der Waals surface area contributed by atoms with E-state index in [4.69, 9.17) is 9.47 Å². The molecule has 1 unspecified atom stereocenters. The number of fused-ring (bicyclic) bond motifs is 1. The van der Waals surface area contributed by atoms with E-state index in [0.717, 1.165) is 28.8 Å². The van der Waals surface area contributed by atoms with Gasteiger partial charge in [0.1, 0.15) is 5.75 Å². The molecule has 1 N–H and O–H groups in total. The molecule has 0 aliphatic rings. The topological polar surface area (TPSA) is 46.6 Å². The third kappa shape index (κ3) is 4.76. The van der Waals surface area contributed by atoms with Crippen LogP contribution in [0.2, 0.25) is 0 Å². The fourth-order valence-corrected chi connectivity index (χ4v) is 3.17. The van der Waals surface area contributed by atoms with Gasteiger partial charge in [-0.05, 0) is 43.9 Å². The van der Waals surface area contributed by atoms with E-state index in [1.807, 2.05) is 30.3 Å². The number of hydrogen-bond donors (Lipinski definition) is 1. The lowest BCUT2D eigenvalue weighted by atomic mass is 10.1. The predicted octanol–water partition coefficient (Wildman–Crippen LogP) is 3.64. The van der Waals surface area contributed by atoms with Crippen LogP contribution in [0.4, 0.5) is 0 Å². The van der Waals surface area contributed by atoms with Crippen molar-refractivity contribution < 1.29 is 9.47 Å². The number of nitrogens with one attached hydrogen (secondary N) is 1. The van der Waals surface area contributed by atoms with Gasteiger partial charge >= 0.3 is 0 Å². The van der Waals surface area contributed by atoms with Gasteiger partial charge in [0.25, 0.3) is 0 Å². The van der Waals surface area contributed by atoms with Crippen LogP contribution in [0.1, 0.15) is 17.2 Å². The van der Waals surface area contributed by atoms with Crippen molar-refractivity contribution in [1.82, 2.24) is 15.2 Å². The summed E-state index contributed by atoms with van der Waals surface area (Å²) in [5, 5.41) is 4.77. The number of hydrogen-bond acceptors (Lipinski definition) is 5. The van der Waals surface area contributed by atoms with Crippen LogP contribution >= 0.6 is 0 Å². The predicted molar refractivity (Wildman–Crippen MR) is 109 cm³/mol. The minimum Gasteiger partial charge on any atom is -0.497 e. The number of aromatic nitrogens is 1. The molecule has 0 fully saturated rings. The summed E-state index contributed by atoms with van der Waals surface area (Å²) < 4.78 is 10.8. The number of methoxy groups -OCH3 is 2. The Morgan fingerprint density at radius 1 is 1.00 bits per heavy atom. The summed E-state index contributed by atoms with van der Waals surface area (Å²) in [5.74, 6) is 1.53. The number of ether oxygens (including phenoxy) is 2. The standard InChI is InChI=1S/C22H27N3O2/c1-25(2)15-21(16-9-11-19(26-3)12-10-16)23-14-18-13-17-7-5-6-8-20(17)24-22(18)27-4/h5-13,21,23H,14-15H2,1-4H3. The van der Waals surface area contributed by atoms with Crippen molar-refractivity contribution in [2.24, 2.45) is 0 Å². The Hall–Kier alpha value is -2.63. The number of rotatable bonds is 8. The maximum atomic E-state index is 5.52. The summed E-state index contributed by atoms with van der Waals surface area (Å²) in [7, 11) is 7.51. The first-order valence-corrected chi connectivity index (χ1v) is 9.05. The van der Waals surface area contributed by atoms with Gasteiger partial charge in [-0.25, -0.2) is 4.98 Å². The number of para-hydroxylation sites is 1. The van der Waals surface area contributed by atoms with Crippen LogP contribution in [0, 0.1) is 0 Å². The highest BCUT2D eigenvalue weighted by Crippen LogP contribution is 2.24. The van der Waals surface area contributed by atoms with E-state index in [9.17, 15) is 0 Å². The molecule has 27 heavy (non-hydrogen) atoms. The molecule has 3 aromatic rings. The van der Waals surface area contributed by atoms with Gasteiger partial charge in [0, 0.05) is 30.1 Å². The molecule has 1 atom stereocenters. The third-order valence-electron chi connectivity index (χ3n) is 4.56. The first-order chi connectivity index (χ1) is 13.1. The van der Waals surface area contributed by atoms with Crippen LogP contribution < -0.4 is 14.8 Å². The van der Waals surface area contributed by atoms with Crippen LogP contribution in [-0.2, 0) is 6.54 Å². The van der Waals surface area contributed by atoms with Crippen LogP contribution in [0.25, 0.3) is 10.9 Å². The normalized spacial score (nSPS) is 12.3. The zero-order chi connectivity index (χ0) is 19.2. The van der Waals surface area contributed by atoms with Gasteiger partial charge in [-0.2, -0.15) is 0 Å². The summed E-state index contributed by atoms with van der Waals surface area (Å²) >= 11 is 0. The molecule has 5 nitrogen and oxygen atoms in total. The van der Waals surface area contributed by atoms with Gasteiger partial charge in [0.05, 0.1) is 19.7 Å². The minimum absolute atomic E-state index is 0.182. The molecule has 142 valence electrons. The van der Waals surface area contributed by atoms with Crippen molar-refractivity contribution >= 4 is 10.9 Å². The van der Waals surface area contributed by atoms with E-state index in [1.165, 1.54) is 5.56 Å². The van der Waals surface area contributed by atoms with Crippen LogP contribution in [0.5, 0.6) is 11.6 Å². The van der Waals surface area contributed by atoms with Gasteiger partial charge in [-0.3, -0.25) is 0 Å². The number of benzene rings is 2. The molecule has 0 aliphatic heterocycles. The molecule has 3 rings (SSSR count). The summed E-state index contributed by atoms with van der Waals surface area (Å²) in [6.07, 6.45) is 0. The molecular weight excluding hydrogens is 338 g/mol. The van der Waals surface area contributed by atoms with Crippen LogP contribution in [0.3, 0.4) is 0 Å². The Morgan fingerprint density at radius 3 is 2.41 bits per heavy atom. The number of nitrogens with zero attached hydrogens (tertiary/aromatic N) is 2. The van der Waals surface area contributed by atoms with Gasteiger partial charge in [0.15, 0.2) is 0 Å². The van der Waals surface area contributed by atoms with E-state index in [0.29, 0.717) is 12.4 Å². The maximum Gasteiger partial charge on any atom is 0.218 e. The first-order valence-electron chi connectivity index (χ1n) is 9.05. The second-order valence-corrected chi connectivity index (χ2v) is 6.82. The summed E-state index contributed by atoms with van der Waals surface area (Å²) in [4.78, 5) is 6.82. The van der Waals surface area contributed by atoms with E-state index in [2.05, 4.69) is 53.6 Å². The molecule has 0 amide bonds. The Bertz CT molecular complexity index is 878. The number of likely N-dealkylation sites (N-methyl/N-ethyl adjacent to an activating group) is 1. The van der Waals surface area contributed by atoms with E-state index in [-0.39, 0.29) is 6.04 Å². The molecule has 0 aliphatic carbocycles. The lowest BCUT2D eigenvalue weighted by Gasteiger charge is -2.23. The highest BCUT2D eigenvalue weighted by atomic mass is 16.5. The maximum absolute atomic E-state index is 5.52. The van der Waals surface area contributed by atoms with E-state index < -0.39 is 0 Å². The third-order valence-corrected chi connectivity index (χ3v) is 4.56. The fourth-order valence-electron chi connectivity index (χ4n) is 3.17. The van der Waals surface area contributed by atoms with E-state index >= 15 is 0 Å². The fraction of sp³-hybridized carbons (Fsp3) is 0.318. The molecule has 1 aromatic heterocycles. The molecule has 5 heteroatoms. The average molecular weight is 365 g/mol. The van der Waals surface area contributed by atoms with Crippen molar-refractivity contribution in [3.8, 4) is 11.6 Å². The largest absolute Gasteiger partial charge is 0.497 e. The van der Waals surface area contributed by atoms with Gasteiger partial charge < -0.3 is 19.7 Å². The van der Waals surface area contributed by atoms with Crippen molar-refractivity contribution in [3.63, 3.8) is 0 Å². The summed E-state index contributed by atoms with van der Waals surface area (Å²) in [6, 6.07) is 18.6. The molecule has 0 spiro atoms. The van der Waals surface area contributed by atoms with Crippen LogP contribution in [-0.4, -0.2) is 44.7 Å². The molecule has 1 heterocycles. The molecule has 0 saturated heterocycles. The average Bonchev–Trinajstić information content (AvgIpc) is 2.70. The lowest BCUT2D eigenvalue weighted by molar-refractivity contribution is 0.337. The summed E-state index contributed by atoms with van der Waals surface area (Å²) in [5.41, 5.74) is 3.21. The monoisotopic (exact) mass is 365 g/mol. The molecule has 2 aromatic carbocycles. The summed E-state index contributed by atoms with van der Waals surface area (Å²) in [6.45, 7) is 1.56. The molecule has 0 radical (unpaired) electrons.